The van der Waals surface area contributed by atoms with Crippen LogP contribution in [0.15, 0.2) is 54.6 Å². The number of carbonyl (C=O) groups is 1. The van der Waals surface area contributed by atoms with Crippen LogP contribution in [0.5, 0.6) is 5.75 Å². The van der Waals surface area contributed by atoms with Gasteiger partial charge in [-0.2, -0.15) is 4.89 Å². The van der Waals surface area contributed by atoms with E-state index >= 15 is 0 Å². The molecule has 0 fully saturated rings. The van der Waals surface area contributed by atoms with Crippen LogP contribution >= 0.6 is 0 Å². The summed E-state index contributed by atoms with van der Waals surface area (Å²) in [4.78, 5) is 22.3. The number of carbonyl (C=O) groups excluding carboxylic acids is 1. The van der Waals surface area contributed by atoms with Crippen molar-refractivity contribution in [3.63, 3.8) is 0 Å². The molecule has 1 heterocycles. The molecule has 0 saturated heterocycles. The van der Waals surface area contributed by atoms with Gasteiger partial charge in [-0.25, -0.2) is 4.79 Å². The summed E-state index contributed by atoms with van der Waals surface area (Å²) in [5.41, 5.74) is 5.72. The van der Waals surface area contributed by atoms with Crippen LogP contribution in [0.3, 0.4) is 0 Å². The minimum atomic E-state index is -0.503. The Morgan fingerprint density at radius 3 is 2.50 bits per heavy atom. The third-order valence-corrected chi connectivity index (χ3v) is 5.83. The molecule has 0 aromatic heterocycles. The SMILES string of the molecule is COOC(=O)C1=CCOc2c1c1c(c3ccccc23)-c2ccccc2C1(C)C. The first-order valence-electron chi connectivity index (χ1n) is 9.33. The molecule has 0 bridgehead atoms. The minimum Gasteiger partial charge on any atom is -0.488 e. The predicted molar refractivity (Wildman–Crippen MR) is 108 cm³/mol. The summed E-state index contributed by atoms with van der Waals surface area (Å²) >= 11 is 0. The fourth-order valence-corrected chi connectivity index (χ4v) is 4.72. The van der Waals surface area contributed by atoms with Crippen molar-refractivity contribution in [2.75, 3.05) is 13.7 Å². The third kappa shape index (κ3) is 2.12. The molecule has 3 aromatic carbocycles. The normalized spacial score (nSPS) is 15.9. The van der Waals surface area contributed by atoms with Gasteiger partial charge < -0.3 is 4.74 Å². The highest BCUT2D eigenvalue weighted by atomic mass is 17.2. The molecule has 140 valence electrons. The summed E-state index contributed by atoms with van der Waals surface area (Å²) < 4.78 is 6.09. The number of fused-ring (bicyclic) bond motifs is 8. The van der Waals surface area contributed by atoms with Gasteiger partial charge in [0, 0.05) is 16.4 Å². The zero-order chi connectivity index (χ0) is 19.5. The van der Waals surface area contributed by atoms with Gasteiger partial charge in [0.2, 0.25) is 0 Å². The summed E-state index contributed by atoms with van der Waals surface area (Å²) in [5.74, 6) is 0.233. The maximum Gasteiger partial charge on any atom is 0.373 e. The van der Waals surface area contributed by atoms with Gasteiger partial charge in [0.25, 0.3) is 0 Å². The van der Waals surface area contributed by atoms with Gasteiger partial charge in [0.15, 0.2) is 0 Å². The molecule has 0 radical (unpaired) electrons. The van der Waals surface area contributed by atoms with Gasteiger partial charge in [-0.3, -0.25) is 4.89 Å². The standard InChI is InChI=1S/C24H20O4/c1-24(2)18-11-7-6-10-16(18)19-14-8-4-5-9-15(14)22-20(21(19)24)17(12-13-27-22)23(25)28-26-3/h4-12H,13H2,1-3H3. The van der Waals surface area contributed by atoms with Crippen molar-refractivity contribution in [3.8, 4) is 16.9 Å². The molecule has 0 atom stereocenters. The molecule has 4 heteroatoms. The Balaban J connectivity index is 1.95. The highest BCUT2D eigenvalue weighted by molar-refractivity contribution is 6.22. The van der Waals surface area contributed by atoms with Crippen LogP contribution in [-0.2, 0) is 20.0 Å². The summed E-state index contributed by atoms with van der Waals surface area (Å²) in [6.45, 7) is 4.71. The summed E-state index contributed by atoms with van der Waals surface area (Å²) in [7, 11) is 1.34. The van der Waals surface area contributed by atoms with Gasteiger partial charge in [0.1, 0.15) is 12.4 Å². The highest BCUT2D eigenvalue weighted by Crippen LogP contribution is 2.57. The second-order valence-electron chi connectivity index (χ2n) is 7.64. The first kappa shape index (κ1) is 17.0. The molecular formula is C24H20O4. The van der Waals surface area contributed by atoms with Gasteiger partial charge in [-0.15, -0.1) is 0 Å². The summed E-state index contributed by atoms with van der Waals surface area (Å²) in [6.07, 6.45) is 1.78. The Kier molecular flexibility index (Phi) is 3.61. The van der Waals surface area contributed by atoms with Crippen molar-refractivity contribution in [1.29, 1.82) is 0 Å². The predicted octanol–water partition coefficient (Wildman–Crippen LogP) is 5.03. The van der Waals surface area contributed by atoms with Crippen molar-refractivity contribution in [3.05, 3.63) is 71.3 Å². The highest BCUT2D eigenvalue weighted by Gasteiger charge is 2.42. The van der Waals surface area contributed by atoms with Crippen molar-refractivity contribution < 1.29 is 19.3 Å². The number of hydrogen-bond acceptors (Lipinski definition) is 4. The average molecular weight is 372 g/mol. The van der Waals surface area contributed by atoms with E-state index in [-0.39, 0.29) is 5.41 Å². The van der Waals surface area contributed by atoms with Crippen LogP contribution in [0.2, 0.25) is 0 Å². The van der Waals surface area contributed by atoms with Crippen LogP contribution in [-0.4, -0.2) is 19.7 Å². The topological polar surface area (TPSA) is 44.8 Å². The summed E-state index contributed by atoms with van der Waals surface area (Å²) in [6, 6.07) is 16.7. The van der Waals surface area contributed by atoms with Gasteiger partial charge >= 0.3 is 5.97 Å². The molecule has 1 aliphatic heterocycles. The molecule has 0 saturated carbocycles. The number of benzene rings is 3. The lowest BCUT2D eigenvalue weighted by Crippen LogP contribution is -2.22. The Labute approximate surface area is 163 Å². The Morgan fingerprint density at radius 2 is 1.71 bits per heavy atom. The molecule has 0 spiro atoms. The van der Waals surface area contributed by atoms with Crippen molar-refractivity contribution >= 4 is 22.3 Å². The molecule has 0 unspecified atom stereocenters. The van der Waals surface area contributed by atoms with E-state index in [1.165, 1.54) is 18.2 Å². The van der Waals surface area contributed by atoms with E-state index in [0.717, 1.165) is 33.2 Å². The fraction of sp³-hybridized carbons (Fsp3) is 0.208. The van der Waals surface area contributed by atoms with Crippen molar-refractivity contribution in [2.24, 2.45) is 0 Å². The molecule has 2 aliphatic rings. The molecular weight excluding hydrogens is 352 g/mol. The first-order chi connectivity index (χ1) is 13.6. The lowest BCUT2D eigenvalue weighted by Gasteiger charge is -2.29. The number of ether oxygens (including phenoxy) is 1. The quantitative estimate of drug-likeness (QED) is 0.468. The van der Waals surface area contributed by atoms with E-state index < -0.39 is 5.97 Å². The van der Waals surface area contributed by atoms with Gasteiger partial charge in [0.05, 0.1) is 12.7 Å². The fourth-order valence-electron chi connectivity index (χ4n) is 4.72. The van der Waals surface area contributed by atoms with Crippen LogP contribution in [0.1, 0.15) is 30.5 Å². The molecule has 5 rings (SSSR count). The second-order valence-corrected chi connectivity index (χ2v) is 7.64. The number of rotatable bonds is 2. The van der Waals surface area contributed by atoms with Crippen LogP contribution in [0.4, 0.5) is 0 Å². The van der Waals surface area contributed by atoms with E-state index in [1.54, 1.807) is 6.08 Å². The van der Waals surface area contributed by atoms with E-state index in [1.807, 2.05) is 18.2 Å². The monoisotopic (exact) mass is 372 g/mol. The average Bonchev–Trinajstić information content (AvgIpc) is 2.96. The number of hydrogen-bond donors (Lipinski definition) is 0. The maximum absolute atomic E-state index is 12.7. The Hall–Kier alpha value is -3.11. The molecule has 28 heavy (non-hydrogen) atoms. The molecule has 0 N–H and O–H groups in total. The Morgan fingerprint density at radius 1 is 1.00 bits per heavy atom. The van der Waals surface area contributed by atoms with Gasteiger partial charge in [-0.1, -0.05) is 62.4 Å². The van der Waals surface area contributed by atoms with Crippen LogP contribution < -0.4 is 4.74 Å². The van der Waals surface area contributed by atoms with Crippen molar-refractivity contribution in [1.82, 2.24) is 0 Å². The Bertz CT molecular complexity index is 1170. The van der Waals surface area contributed by atoms with E-state index in [9.17, 15) is 4.79 Å². The van der Waals surface area contributed by atoms with E-state index in [0.29, 0.717) is 12.2 Å². The van der Waals surface area contributed by atoms with E-state index in [4.69, 9.17) is 9.62 Å². The minimum absolute atomic E-state index is 0.285. The summed E-state index contributed by atoms with van der Waals surface area (Å²) in [5, 5.41) is 2.13. The molecule has 1 aliphatic carbocycles. The van der Waals surface area contributed by atoms with E-state index in [2.05, 4.69) is 49.1 Å². The zero-order valence-electron chi connectivity index (χ0n) is 16.0. The lowest BCUT2D eigenvalue weighted by atomic mass is 9.77. The van der Waals surface area contributed by atoms with Gasteiger partial charge in [-0.05, 0) is 33.7 Å². The lowest BCUT2D eigenvalue weighted by molar-refractivity contribution is -0.248. The van der Waals surface area contributed by atoms with Crippen LogP contribution in [0.25, 0.3) is 27.5 Å². The largest absolute Gasteiger partial charge is 0.488 e. The smallest absolute Gasteiger partial charge is 0.373 e. The molecule has 0 amide bonds. The van der Waals surface area contributed by atoms with Crippen molar-refractivity contribution in [2.45, 2.75) is 19.3 Å². The molecule has 4 nitrogen and oxygen atoms in total. The third-order valence-electron chi connectivity index (χ3n) is 5.83. The second kappa shape index (κ2) is 5.94. The maximum atomic E-state index is 12.7. The zero-order valence-corrected chi connectivity index (χ0v) is 16.0. The van der Waals surface area contributed by atoms with Crippen LogP contribution in [0, 0.1) is 0 Å². The molecule has 3 aromatic rings. The first-order valence-corrected chi connectivity index (χ1v) is 9.33.